The van der Waals surface area contributed by atoms with E-state index in [0.29, 0.717) is 0 Å². The Labute approximate surface area is 106 Å². The summed E-state index contributed by atoms with van der Waals surface area (Å²) in [5.74, 6) is -1.59. The highest BCUT2D eigenvalue weighted by Gasteiger charge is 2.51. The molecule has 2 atom stereocenters. The van der Waals surface area contributed by atoms with E-state index < -0.39 is 29.1 Å². The molecule has 1 aliphatic heterocycles. The topological polar surface area (TPSA) is 90.6 Å². The number of amides is 1. The lowest BCUT2D eigenvalue weighted by atomic mass is 9.95. The fourth-order valence-corrected chi connectivity index (χ4v) is 1.96. The summed E-state index contributed by atoms with van der Waals surface area (Å²) in [4.78, 5) is 24.4. The second kappa shape index (κ2) is 4.48. The summed E-state index contributed by atoms with van der Waals surface area (Å²) in [6, 6.07) is 2.01. The maximum absolute atomic E-state index is 12.0. The summed E-state index contributed by atoms with van der Waals surface area (Å²) in [5, 5.41) is 18.1. The summed E-state index contributed by atoms with van der Waals surface area (Å²) >= 11 is 0. The molecular formula is C12H18N2O4. The van der Waals surface area contributed by atoms with Crippen LogP contribution in [0, 0.1) is 17.2 Å². The fraction of sp³-hybridized carbons (Fsp3) is 0.750. The maximum atomic E-state index is 12.0. The van der Waals surface area contributed by atoms with Crippen LogP contribution in [0.5, 0.6) is 0 Å². The lowest BCUT2D eigenvalue weighted by molar-refractivity contribution is -0.148. The van der Waals surface area contributed by atoms with Crippen molar-refractivity contribution in [3.63, 3.8) is 0 Å². The Morgan fingerprint density at radius 1 is 1.50 bits per heavy atom. The standard InChI is InChI=1S/C12H18N2O4/c1-11(2,3)18-10(17)14-7-8(6-13)5-12(14,4)9(15)16/h8H,5,7H2,1-4H3,(H,15,16)/t8-,12+/m1/s1. The highest BCUT2D eigenvalue weighted by atomic mass is 16.6. The molecule has 6 nitrogen and oxygen atoms in total. The molecule has 6 heteroatoms. The number of hydrogen-bond donors (Lipinski definition) is 1. The van der Waals surface area contributed by atoms with Gasteiger partial charge in [-0.1, -0.05) is 0 Å². The number of nitrogens with zero attached hydrogens (tertiary/aromatic N) is 2. The largest absolute Gasteiger partial charge is 0.480 e. The van der Waals surface area contributed by atoms with Gasteiger partial charge in [0.1, 0.15) is 11.1 Å². The molecular weight excluding hydrogens is 236 g/mol. The molecule has 1 saturated heterocycles. The number of carboxylic acids is 1. The van der Waals surface area contributed by atoms with E-state index in [-0.39, 0.29) is 13.0 Å². The van der Waals surface area contributed by atoms with Crippen LogP contribution in [0.2, 0.25) is 0 Å². The molecule has 0 saturated carbocycles. The average Bonchev–Trinajstić information content (AvgIpc) is 2.54. The van der Waals surface area contributed by atoms with Crippen molar-refractivity contribution in [1.82, 2.24) is 4.90 Å². The zero-order valence-electron chi connectivity index (χ0n) is 11.1. The van der Waals surface area contributed by atoms with E-state index in [2.05, 4.69) is 0 Å². The first kappa shape index (κ1) is 14.3. The normalized spacial score (nSPS) is 27.7. The number of likely N-dealkylation sites (tertiary alicyclic amines) is 1. The van der Waals surface area contributed by atoms with Crippen molar-refractivity contribution in [2.75, 3.05) is 6.54 Å². The predicted octanol–water partition coefficient (Wildman–Crippen LogP) is 1.61. The predicted molar refractivity (Wildman–Crippen MR) is 62.7 cm³/mol. The Morgan fingerprint density at radius 2 is 2.06 bits per heavy atom. The number of ether oxygens (including phenoxy) is 1. The minimum Gasteiger partial charge on any atom is -0.480 e. The highest BCUT2D eigenvalue weighted by molar-refractivity contribution is 5.85. The fourth-order valence-electron chi connectivity index (χ4n) is 1.96. The van der Waals surface area contributed by atoms with Crippen LogP contribution in [-0.4, -0.2) is 39.8 Å². The van der Waals surface area contributed by atoms with Crippen LogP contribution < -0.4 is 0 Å². The first-order valence-corrected chi connectivity index (χ1v) is 5.74. The molecule has 0 bridgehead atoms. The lowest BCUT2D eigenvalue weighted by Crippen LogP contribution is -2.52. The molecule has 0 unspecified atom stereocenters. The van der Waals surface area contributed by atoms with Gasteiger partial charge in [-0.05, 0) is 34.1 Å². The average molecular weight is 254 g/mol. The van der Waals surface area contributed by atoms with Crippen LogP contribution in [0.1, 0.15) is 34.1 Å². The van der Waals surface area contributed by atoms with Crippen molar-refractivity contribution < 1.29 is 19.4 Å². The Balaban J connectivity index is 2.95. The Morgan fingerprint density at radius 3 is 2.44 bits per heavy atom. The Bertz CT molecular complexity index is 407. The highest BCUT2D eigenvalue weighted by Crippen LogP contribution is 2.34. The van der Waals surface area contributed by atoms with Crippen molar-refractivity contribution in [1.29, 1.82) is 5.26 Å². The van der Waals surface area contributed by atoms with Crippen LogP contribution in [0.15, 0.2) is 0 Å². The molecule has 1 fully saturated rings. The minimum absolute atomic E-state index is 0.0915. The number of carboxylic acid groups (broad SMARTS) is 1. The molecule has 1 aliphatic rings. The Hall–Kier alpha value is -1.77. The summed E-state index contributed by atoms with van der Waals surface area (Å²) in [6.45, 7) is 6.66. The number of carbonyl (C=O) groups is 2. The smallest absolute Gasteiger partial charge is 0.411 e. The van der Waals surface area contributed by atoms with E-state index in [1.54, 1.807) is 20.8 Å². The van der Waals surface area contributed by atoms with E-state index in [9.17, 15) is 14.7 Å². The van der Waals surface area contributed by atoms with Gasteiger partial charge in [-0.25, -0.2) is 9.59 Å². The van der Waals surface area contributed by atoms with Crippen molar-refractivity contribution in [2.24, 2.45) is 5.92 Å². The molecule has 0 aromatic carbocycles. The first-order chi connectivity index (χ1) is 8.10. The summed E-state index contributed by atoms with van der Waals surface area (Å²) in [6.07, 6.45) is -0.567. The quantitative estimate of drug-likeness (QED) is 0.767. The molecule has 18 heavy (non-hydrogen) atoms. The van der Waals surface area contributed by atoms with Crippen LogP contribution in [0.4, 0.5) is 4.79 Å². The van der Waals surface area contributed by atoms with Gasteiger partial charge in [0.2, 0.25) is 0 Å². The van der Waals surface area contributed by atoms with Crippen LogP contribution in [0.3, 0.4) is 0 Å². The minimum atomic E-state index is -1.37. The lowest BCUT2D eigenvalue weighted by Gasteiger charge is -2.32. The SMILES string of the molecule is CC(C)(C)OC(=O)N1C[C@@H](C#N)C[C@@]1(C)C(=O)O. The number of nitriles is 1. The van der Waals surface area contributed by atoms with Crippen LogP contribution >= 0.6 is 0 Å². The van der Waals surface area contributed by atoms with Crippen LogP contribution in [-0.2, 0) is 9.53 Å². The number of aliphatic carboxylic acids is 1. The molecule has 0 spiro atoms. The van der Waals surface area contributed by atoms with Crippen molar-refractivity contribution in [3.05, 3.63) is 0 Å². The first-order valence-electron chi connectivity index (χ1n) is 5.74. The second-order valence-corrected chi connectivity index (χ2v) is 5.70. The molecule has 1 amide bonds. The number of rotatable bonds is 1. The van der Waals surface area contributed by atoms with Gasteiger partial charge in [0.05, 0.1) is 12.0 Å². The molecule has 0 aromatic heterocycles. The molecule has 1 N–H and O–H groups in total. The zero-order valence-corrected chi connectivity index (χ0v) is 11.1. The third-order valence-corrected chi connectivity index (χ3v) is 2.90. The van der Waals surface area contributed by atoms with E-state index in [1.165, 1.54) is 6.92 Å². The zero-order chi connectivity index (χ0) is 14.1. The summed E-state index contributed by atoms with van der Waals surface area (Å²) < 4.78 is 5.17. The van der Waals surface area contributed by atoms with Gasteiger partial charge in [0.25, 0.3) is 0 Å². The maximum Gasteiger partial charge on any atom is 0.411 e. The Kier molecular flexibility index (Phi) is 3.56. The third-order valence-electron chi connectivity index (χ3n) is 2.90. The third kappa shape index (κ3) is 2.73. The number of carbonyl (C=O) groups excluding carboxylic acids is 1. The molecule has 1 heterocycles. The molecule has 100 valence electrons. The molecule has 0 aromatic rings. The van der Waals surface area contributed by atoms with E-state index >= 15 is 0 Å². The van der Waals surface area contributed by atoms with E-state index in [0.717, 1.165) is 4.90 Å². The summed E-state index contributed by atoms with van der Waals surface area (Å²) in [5.41, 5.74) is -2.07. The molecule has 0 aliphatic carbocycles. The van der Waals surface area contributed by atoms with Crippen LogP contribution in [0.25, 0.3) is 0 Å². The van der Waals surface area contributed by atoms with Gasteiger partial charge in [-0.3, -0.25) is 4.90 Å². The summed E-state index contributed by atoms with van der Waals surface area (Å²) in [7, 11) is 0. The van der Waals surface area contributed by atoms with Gasteiger partial charge in [0.15, 0.2) is 0 Å². The van der Waals surface area contributed by atoms with Crippen molar-refractivity contribution in [2.45, 2.75) is 45.3 Å². The van der Waals surface area contributed by atoms with E-state index in [4.69, 9.17) is 10.00 Å². The van der Waals surface area contributed by atoms with Crippen molar-refractivity contribution >= 4 is 12.1 Å². The van der Waals surface area contributed by atoms with Gasteiger partial charge in [-0.2, -0.15) is 5.26 Å². The number of hydrogen-bond acceptors (Lipinski definition) is 4. The monoisotopic (exact) mass is 254 g/mol. The van der Waals surface area contributed by atoms with Crippen molar-refractivity contribution in [3.8, 4) is 6.07 Å². The van der Waals surface area contributed by atoms with E-state index in [1.807, 2.05) is 6.07 Å². The molecule has 0 radical (unpaired) electrons. The second-order valence-electron chi connectivity index (χ2n) is 5.70. The van der Waals surface area contributed by atoms with Gasteiger partial charge < -0.3 is 9.84 Å². The van der Waals surface area contributed by atoms with Gasteiger partial charge >= 0.3 is 12.1 Å². The van der Waals surface area contributed by atoms with Gasteiger partial charge in [0, 0.05) is 6.54 Å². The molecule has 1 rings (SSSR count). The van der Waals surface area contributed by atoms with Gasteiger partial charge in [-0.15, -0.1) is 0 Å².